The molecule has 116 valence electrons. The lowest BCUT2D eigenvalue weighted by Gasteiger charge is -2.25. The molecular weight excluding hydrogens is 286 g/mol. The molecule has 0 aromatic heterocycles. The van der Waals surface area contributed by atoms with E-state index >= 15 is 0 Å². The summed E-state index contributed by atoms with van der Waals surface area (Å²) in [6.45, 7) is 3.43. The normalized spacial score (nSPS) is 12.2. The first-order chi connectivity index (χ1) is 10.5. The van der Waals surface area contributed by atoms with Gasteiger partial charge in [0.25, 0.3) is 0 Å². The van der Waals surface area contributed by atoms with Crippen LogP contribution in [0, 0.1) is 11.6 Å². The molecule has 22 heavy (non-hydrogen) atoms. The van der Waals surface area contributed by atoms with Crippen molar-refractivity contribution in [1.82, 2.24) is 0 Å². The highest BCUT2D eigenvalue weighted by molar-refractivity contribution is 5.69. The first-order valence-electron chi connectivity index (χ1n) is 7.21. The van der Waals surface area contributed by atoms with Gasteiger partial charge in [-0.15, -0.1) is 0 Å². The molecule has 2 nitrogen and oxygen atoms in total. The number of hydrogen-bond donors (Lipinski definition) is 0. The van der Waals surface area contributed by atoms with Crippen LogP contribution < -0.4 is 0 Å². The van der Waals surface area contributed by atoms with E-state index in [0.717, 1.165) is 0 Å². The lowest BCUT2D eigenvalue weighted by atomic mass is 9.87. The summed E-state index contributed by atoms with van der Waals surface area (Å²) in [6, 6.07) is 12.1. The van der Waals surface area contributed by atoms with Crippen molar-refractivity contribution in [3.05, 3.63) is 71.3 Å². The molecule has 4 heteroatoms. The fourth-order valence-electron chi connectivity index (χ4n) is 2.49. The van der Waals surface area contributed by atoms with Crippen molar-refractivity contribution in [3.8, 4) is 0 Å². The smallest absolute Gasteiger partial charge is 0.305 e. The van der Waals surface area contributed by atoms with E-state index in [0.29, 0.717) is 11.1 Å². The van der Waals surface area contributed by atoms with Gasteiger partial charge in [-0.1, -0.05) is 31.2 Å². The highest BCUT2D eigenvalue weighted by atomic mass is 19.1. The summed E-state index contributed by atoms with van der Waals surface area (Å²) >= 11 is 0. The van der Waals surface area contributed by atoms with Gasteiger partial charge in [-0.3, -0.25) is 4.79 Å². The lowest BCUT2D eigenvalue weighted by molar-refractivity contribution is -0.148. The summed E-state index contributed by atoms with van der Waals surface area (Å²) in [6.07, 6.45) is -0.278. The number of esters is 1. The minimum atomic E-state index is -0.531. The Hall–Kier alpha value is -2.23. The molecule has 0 aliphatic rings. The highest BCUT2D eigenvalue weighted by Gasteiger charge is 2.25. The van der Waals surface area contributed by atoms with Gasteiger partial charge in [0.05, 0.1) is 0 Å². The Morgan fingerprint density at radius 3 is 1.95 bits per heavy atom. The molecule has 0 aliphatic heterocycles. The van der Waals surface area contributed by atoms with Gasteiger partial charge in [0.15, 0.2) is 0 Å². The summed E-state index contributed by atoms with van der Waals surface area (Å²) in [5.74, 6) is -1.53. The van der Waals surface area contributed by atoms with Crippen molar-refractivity contribution in [2.45, 2.75) is 32.3 Å². The Kier molecular flexibility index (Phi) is 5.26. The first-order valence-corrected chi connectivity index (χ1v) is 7.21. The first kappa shape index (κ1) is 16.1. The molecule has 1 atom stereocenters. The summed E-state index contributed by atoms with van der Waals surface area (Å²) in [7, 11) is 0. The van der Waals surface area contributed by atoms with Crippen LogP contribution in [0.15, 0.2) is 48.5 Å². The third kappa shape index (κ3) is 3.91. The summed E-state index contributed by atoms with van der Waals surface area (Å²) in [4.78, 5) is 11.6. The quantitative estimate of drug-likeness (QED) is 0.763. The van der Waals surface area contributed by atoms with Crippen LogP contribution in [0.25, 0.3) is 0 Å². The van der Waals surface area contributed by atoms with Crippen molar-refractivity contribution in [1.29, 1.82) is 0 Å². The second-order valence-electron chi connectivity index (χ2n) is 5.14. The Balaban J connectivity index is 2.42. The van der Waals surface area contributed by atoms with Crippen molar-refractivity contribution in [2.24, 2.45) is 0 Å². The molecule has 0 N–H and O–H groups in total. The zero-order chi connectivity index (χ0) is 16.1. The lowest BCUT2D eigenvalue weighted by Crippen LogP contribution is -2.23. The molecule has 0 spiro atoms. The molecule has 0 saturated heterocycles. The van der Waals surface area contributed by atoms with Gasteiger partial charge in [-0.05, 0) is 42.3 Å². The molecular formula is C18H18F2O2. The molecule has 2 rings (SSSR count). The SMILES string of the molecule is CCC(=O)OC(C)C(c1cccc(F)c1)c1cccc(F)c1. The van der Waals surface area contributed by atoms with Gasteiger partial charge >= 0.3 is 5.97 Å². The maximum absolute atomic E-state index is 13.5. The zero-order valence-corrected chi connectivity index (χ0v) is 12.6. The van der Waals surface area contributed by atoms with Crippen LogP contribution in [-0.4, -0.2) is 12.1 Å². The van der Waals surface area contributed by atoms with Crippen LogP contribution in [0.5, 0.6) is 0 Å². The maximum Gasteiger partial charge on any atom is 0.305 e. The standard InChI is InChI=1S/C18H18F2O2/c1-3-17(21)22-12(2)18(13-6-4-8-15(19)10-13)14-7-5-9-16(20)11-14/h4-12,18H,3H2,1-2H3. The van der Waals surface area contributed by atoms with E-state index in [9.17, 15) is 13.6 Å². The molecule has 0 heterocycles. The molecule has 0 saturated carbocycles. The van der Waals surface area contributed by atoms with Crippen molar-refractivity contribution in [3.63, 3.8) is 0 Å². The van der Waals surface area contributed by atoms with Gasteiger partial charge in [0.2, 0.25) is 0 Å². The average Bonchev–Trinajstić information content (AvgIpc) is 2.47. The predicted molar refractivity (Wildman–Crippen MR) is 80.5 cm³/mol. The van der Waals surface area contributed by atoms with Crippen LogP contribution in [0.2, 0.25) is 0 Å². The van der Waals surface area contributed by atoms with Crippen molar-refractivity contribution < 1.29 is 18.3 Å². The van der Waals surface area contributed by atoms with E-state index < -0.39 is 12.0 Å². The molecule has 0 bridgehead atoms. The third-order valence-electron chi connectivity index (χ3n) is 3.49. The van der Waals surface area contributed by atoms with Crippen molar-refractivity contribution >= 4 is 5.97 Å². The average molecular weight is 304 g/mol. The molecule has 2 aromatic rings. The Bertz CT molecular complexity index is 610. The van der Waals surface area contributed by atoms with E-state index in [1.165, 1.54) is 24.3 Å². The predicted octanol–water partition coefficient (Wildman–Crippen LogP) is 4.44. The Labute approximate surface area is 128 Å². The summed E-state index contributed by atoms with van der Waals surface area (Å²) in [5, 5.41) is 0. The Morgan fingerprint density at radius 2 is 1.55 bits per heavy atom. The zero-order valence-electron chi connectivity index (χ0n) is 12.6. The summed E-state index contributed by atoms with van der Waals surface area (Å²) in [5.41, 5.74) is 1.28. The number of ether oxygens (including phenoxy) is 1. The third-order valence-corrected chi connectivity index (χ3v) is 3.49. The molecule has 0 aliphatic carbocycles. The molecule has 0 radical (unpaired) electrons. The van der Waals surface area contributed by atoms with Gasteiger partial charge in [-0.2, -0.15) is 0 Å². The number of rotatable bonds is 5. The Morgan fingerprint density at radius 1 is 1.05 bits per heavy atom. The number of carbonyl (C=O) groups is 1. The van der Waals surface area contributed by atoms with E-state index in [1.54, 1.807) is 38.1 Å². The van der Waals surface area contributed by atoms with Crippen molar-refractivity contribution in [2.75, 3.05) is 0 Å². The van der Waals surface area contributed by atoms with E-state index in [1.807, 2.05) is 0 Å². The van der Waals surface area contributed by atoms with Crippen LogP contribution in [0.1, 0.15) is 37.3 Å². The number of benzene rings is 2. The van der Waals surface area contributed by atoms with Crippen LogP contribution >= 0.6 is 0 Å². The van der Waals surface area contributed by atoms with Gasteiger partial charge < -0.3 is 4.74 Å². The van der Waals surface area contributed by atoms with E-state index in [2.05, 4.69) is 0 Å². The molecule has 0 amide bonds. The topological polar surface area (TPSA) is 26.3 Å². The summed E-state index contributed by atoms with van der Waals surface area (Å²) < 4.78 is 32.4. The second-order valence-corrected chi connectivity index (χ2v) is 5.14. The minimum Gasteiger partial charge on any atom is -0.462 e. The van der Waals surface area contributed by atoms with Gasteiger partial charge in [0.1, 0.15) is 17.7 Å². The number of carbonyl (C=O) groups excluding carboxylic acids is 1. The second kappa shape index (κ2) is 7.16. The highest BCUT2D eigenvalue weighted by Crippen LogP contribution is 2.30. The molecule has 1 unspecified atom stereocenters. The number of halogens is 2. The van der Waals surface area contributed by atoms with Gasteiger partial charge in [0, 0.05) is 12.3 Å². The fourth-order valence-corrected chi connectivity index (χ4v) is 2.49. The van der Waals surface area contributed by atoms with E-state index in [4.69, 9.17) is 4.74 Å². The van der Waals surface area contributed by atoms with Crippen LogP contribution in [0.3, 0.4) is 0 Å². The molecule has 2 aromatic carbocycles. The maximum atomic E-state index is 13.5. The fraction of sp³-hybridized carbons (Fsp3) is 0.278. The monoisotopic (exact) mass is 304 g/mol. The number of hydrogen-bond acceptors (Lipinski definition) is 2. The van der Waals surface area contributed by atoms with Gasteiger partial charge in [-0.25, -0.2) is 8.78 Å². The largest absolute Gasteiger partial charge is 0.462 e. The molecule has 0 fully saturated rings. The minimum absolute atomic E-state index is 0.253. The van der Waals surface area contributed by atoms with Crippen LogP contribution in [0.4, 0.5) is 8.78 Å². The van der Waals surface area contributed by atoms with Crippen LogP contribution in [-0.2, 0) is 9.53 Å². The van der Waals surface area contributed by atoms with E-state index in [-0.39, 0.29) is 24.0 Å².